The van der Waals surface area contributed by atoms with Gasteiger partial charge >= 0.3 is 0 Å². The number of likely N-dealkylation sites (tertiary alicyclic amines) is 1. The van der Waals surface area contributed by atoms with E-state index >= 15 is 0 Å². The van der Waals surface area contributed by atoms with E-state index in [-0.39, 0.29) is 11.7 Å². The van der Waals surface area contributed by atoms with Gasteiger partial charge in [-0.15, -0.1) is 0 Å². The number of aromatic nitrogens is 4. The highest BCUT2D eigenvalue weighted by atomic mass is 32.2. The number of nitrogen functional groups attached to an aromatic ring is 1. The number of anilines is 1. The number of aliphatic hydroxyl groups excluding tert-OH is 1. The van der Waals surface area contributed by atoms with E-state index in [1.807, 2.05) is 22.8 Å². The van der Waals surface area contributed by atoms with Crippen molar-refractivity contribution in [2.45, 2.75) is 42.1 Å². The molecule has 3 N–H and O–H groups in total. The molecule has 1 aromatic carbocycles. The van der Waals surface area contributed by atoms with Crippen molar-refractivity contribution in [3.63, 3.8) is 0 Å². The van der Waals surface area contributed by atoms with Gasteiger partial charge in [-0.1, -0.05) is 0 Å². The normalized spacial score (nSPS) is 16.7. The molecule has 1 unspecified atom stereocenters. The lowest BCUT2D eigenvalue weighted by molar-refractivity contribution is -0.146. The fourth-order valence-electron chi connectivity index (χ4n) is 3.56. The number of benzene rings is 1. The van der Waals surface area contributed by atoms with Crippen molar-refractivity contribution in [1.29, 1.82) is 0 Å². The van der Waals surface area contributed by atoms with Crippen molar-refractivity contribution in [3.05, 3.63) is 24.5 Å². The largest absolute Gasteiger partial charge is 0.497 e. The predicted octanol–water partition coefficient (Wildman–Crippen LogP) is 1.91. The van der Waals surface area contributed by atoms with Crippen LogP contribution in [0, 0.1) is 0 Å². The average Bonchev–Trinajstić information content (AvgIpc) is 3.12. The molecule has 0 bridgehead atoms. The van der Waals surface area contributed by atoms with Crippen LogP contribution in [0.2, 0.25) is 0 Å². The number of aliphatic hydroxyl groups is 1. The van der Waals surface area contributed by atoms with Gasteiger partial charge in [-0.3, -0.25) is 4.79 Å². The highest BCUT2D eigenvalue weighted by Gasteiger charge is 2.27. The molecule has 10 nitrogen and oxygen atoms in total. The molecule has 1 fully saturated rings. The minimum Gasteiger partial charge on any atom is -0.497 e. The Balaban J connectivity index is 1.70. The summed E-state index contributed by atoms with van der Waals surface area (Å²) >= 11 is 1.38. The molecule has 0 saturated carbocycles. The third-order valence-corrected chi connectivity index (χ3v) is 6.23. The summed E-state index contributed by atoms with van der Waals surface area (Å²) in [6.45, 7) is 0.725. The molecular weight excluding hydrogens is 420 g/mol. The zero-order valence-electron chi connectivity index (χ0n) is 17.3. The first-order valence-corrected chi connectivity index (χ1v) is 10.7. The van der Waals surface area contributed by atoms with E-state index < -0.39 is 6.23 Å². The standard InChI is InChI=1S/C20H24N6O4S/c1-29-12-6-7-13(30-2)14(10-12)31-20-24-17-18(21)22-11-23-19(17)26(20)9-8-25-15(27)4-3-5-16(25)28/h6-7,10-11,15,27H,3-5,8-9H2,1-2H3,(H2,21,22,23). The van der Waals surface area contributed by atoms with Gasteiger partial charge in [-0.05, 0) is 42.8 Å². The Morgan fingerprint density at radius 1 is 1.26 bits per heavy atom. The molecule has 1 amide bonds. The minimum absolute atomic E-state index is 0.0546. The molecule has 31 heavy (non-hydrogen) atoms. The summed E-state index contributed by atoms with van der Waals surface area (Å²) in [5.41, 5.74) is 7.08. The molecule has 11 heteroatoms. The Labute approximate surface area is 183 Å². The number of imidazole rings is 1. The zero-order chi connectivity index (χ0) is 22.0. The first kappa shape index (κ1) is 21.2. The van der Waals surface area contributed by atoms with Gasteiger partial charge in [0.15, 0.2) is 22.1 Å². The van der Waals surface area contributed by atoms with Gasteiger partial charge in [0, 0.05) is 19.5 Å². The van der Waals surface area contributed by atoms with Crippen LogP contribution in [-0.2, 0) is 11.3 Å². The number of carbonyl (C=O) groups is 1. The fourth-order valence-corrected chi connectivity index (χ4v) is 4.61. The second-order valence-electron chi connectivity index (χ2n) is 7.06. The highest BCUT2D eigenvalue weighted by molar-refractivity contribution is 7.99. The number of carbonyl (C=O) groups excluding carboxylic acids is 1. The van der Waals surface area contributed by atoms with Gasteiger partial charge in [-0.25, -0.2) is 15.0 Å². The second-order valence-corrected chi connectivity index (χ2v) is 8.07. The van der Waals surface area contributed by atoms with Crippen molar-refractivity contribution in [3.8, 4) is 11.5 Å². The molecule has 4 rings (SSSR count). The number of rotatable bonds is 7. The van der Waals surface area contributed by atoms with Crippen LogP contribution in [-0.4, -0.2) is 62.4 Å². The summed E-state index contributed by atoms with van der Waals surface area (Å²) in [4.78, 5) is 27.6. The van der Waals surface area contributed by atoms with Crippen molar-refractivity contribution in [2.75, 3.05) is 26.5 Å². The third-order valence-electron chi connectivity index (χ3n) is 5.19. The van der Waals surface area contributed by atoms with E-state index in [0.717, 1.165) is 4.90 Å². The molecule has 2 aromatic heterocycles. The van der Waals surface area contributed by atoms with Crippen molar-refractivity contribution < 1.29 is 19.4 Å². The zero-order valence-corrected chi connectivity index (χ0v) is 18.1. The number of nitrogens with two attached hydrogens (primary N) is 1. The molecule has 0 spiro atoms. The van der Waals surface area contributed by atoms with Crippen LogP contribution in [0.5, 0.6) is 11.5 Å². The molecule has 164 valence electrons. The first-order valence-electron chi connectivity index (χ1n) is 9.86. The van der Waals surface area contributed by atoms with Crippen LogP contribution in [0.1, 0.15) is 19.3 Å². The number of fused-ring (bicyclic) bond motifs is 1. The number of ether oxygens (including phenoxy) is 2. The molecule has 1 aliphatic heterocycles. The van der Waals surface area contributed by atoms with Crippen molar-refractivity contribution >= 4 is 34.7 Å². The van der Waals surface area contributed by atoms with Gasteiger partial charge in [-0.2, -0.15) is 0 Å². The molecule has 1 saturated heterocycles. The summed E-state index contributed by atoms with van der Waals surface area (Å²) < 4.78 is 12.7. The first-order chi connectivity index (χ1) is 15.0. The fraction of sp³-hybridized carbons (Fsp3) is 0.400. The molecule has 0 radical (unpaired) electrons. The Morgan fingerprint density at radius 2 is 2.10 bits per heavy atom. The molecule has 1 atom stereocenters. The van der Waals surface area contributed by atoms with Gasteiger partial charge in [0.05, 0.1) is 19.1 Å². The molecule has 0 aliphatic carbocycles. The van der Waals surface area contributed by atoms with Crippen LogP contribution in [0.3, 0.4) is 0 Å². The molecule has 3 aromatic rings. The maximum atomic E-state index is 12.3. The van der Waals surface area contributed by atoms with Gasteiger partial charge < -0.3 is 29.8 Å². The number of methoxy groups -OCH3 is 2. The smallest absolute Gasteiger partial charge is 0.224 e. The van der Waals surface area contributed by atoms with Gasteiger partial charge in [0.1, 0.15) is 24.1 Å². The summed E-state index contributed by atoms with van der Waals surface area (Å²) in [5.74, 6) is 1.58. The van der Waals surface area contributed by atoms with E-state index in [4.69, 9.17) is 15.2 Å². The predicted molar refractivity (Wildman–Crippen MR) is 115 cm³/mol. The number of hydrogen-bond donors (Lipinski definition) is 2. The van der Waals surface area contributed by atoms with E-state index in [9.17, 15) is 9.90 Å². The summed E-state index contributed by atoms with van der Waals surface area (Å²) in [6, 6.07) is 5.50. The third kappa shape index (κ3) is 4.23. The van der Waals surface area contributed by atoms with Crippen molar-refractivity contribution in [1.82, 2.24) is 24.4 Å². The van der Waals surface area contributed by atoms with E-state index in [0.29, 0.717) is 60.2 Å². The summed E-state index contributed by atoms with van der Waals surface area (Å²) in [7, 11) is 3.20. The summed E-state index contributed by atoms with van der Waals surface area (Å²) in [6.07, 6.45) is 2.33. The number of nitrogens with zero attached hydrogens (tertiary/aromatic N) is 5. The van der Waals surface area contributed by atoms with E-state index in [1.165, 1.54) is 23.0 Å². The van der Waals surface area contributed by atoms with Crippen LogP contribution >= 0.6 is 11.8 Å². The van der Waals surface area contributed by atoms with Gasteiger partial charge in [0.2, 0.25) is 5.91 Å². The maximum Gasteiger partial charge on any atom is 0.224 e. The van der Waals surface area contributed by atoms with Gasteiger partial charge in [0.25, 0.3) is 0 Å². The molecule has 1 aliphatic rings. The molecule has 3 heterocycles. The Hall–Kier alpha value is -3.05. The minimum atomic E-state index is -0.773. The maximum absolute atomic E-state index is 12.3. The van der Waals surface area contributed by atoms with Crippen LogP contribution in [0.15, 0.2) is 34.6 Å². The Kier molecular flexibility index (Phi) is 6.14. The van der Waals surface area contributed by atoms with Crippen LogP contribution in [0.4, 0.5) is 5.82 Å². The highest BCUT2D eigenvalue weighted by Crippen LogP contribution is 2.38. The quantitative estimate of drug-likeness (QED) is 0.561. The van der Waals surface area contributed by atoms with E-state index in [2.05, 4.69) is 15.0 Å². The summed E-state index contributed by atoms with van der Waals surface area (Å²) in [5, 5.41) is 10.9. The SMILES string of the molecule is COc1ccc(OC)c(Sc2nc3c(N)ncnc3n2CCN2C(=O)CCCC2O)c1. The number of hydrogen-bond acceptors (Lipinski definition) is 9. The lowest BCUT2D eigenvalue weighted by Crippen LogP contribution is -2.45. The average molecular weight is 445 g/mol. The van der Waals surface area contributed by atoms with Crippen molar-refractivity contribution in [2.24, 2.45) is 0 Å². The van der Waals surface area contributed by atoms with Crippen LogP contribution < -0.4 is 15.2 Å². The van der Waals surface area contributed by atoms with Crippen LogP contribution in [0.25, 0.3) is 11.2 Å². The molecular formula is C20H24N6O4S. The second kappa shape index (κ2) is 8.98. The Bertz CT molecular complexity index is 1100. The lowest BCUT2D eigenvalue weighted by atomic mass is 10.1. The van der Waals surface area contributed by atoms with E-state index in [1.54, 1.807) is 14.2 Å². The Morgan fingerprint density at radius 3 is 2.84 bits per heavy atom. The topological polar surface area (TPSA) is 129 Å². The lowest BCUT2D eigenvalue weighted by Gasteiger charge is -2.32. The number of amides is 1. The monoisotopic (exact) mass is 444 g/mol. The number of piperidine rings is 1.